The van der Waals surface area contributed by atoms with Gasteiger partial charge in [0.15, 0.2) is 5.13 Å². The number of likely N-dealkylation sites (tertiary alicyclic amines) is 1. The van der Waals surface area contributed by atoms with Gasteiger partial charge in [-0.3, -0.25) is 4.79 Å². The Morgan fingerprint density at radius 1 is 1.23 bits per heavy atom. The van der Waals surface area contributed by atoms with Crippen LogP contribution in [-0.4, -0.2) is 71.0 Å². The number of hydrogen-bond acceptors (Lipinski definition) is 6. The molecule has 0 aliphatic carbocycles. The van der Waals surface area contributed by atoms with Crippen molar-refractivity contribution >= 4 is 28.4 Å². The number of nitrogen functional groups attached to an aromatic ring is 1. The number of aromatic nitrogens is 1. The summed E-state index contributed by atoms with van der Waals surface area (Å²) in [4.78, 5) is 35.0. The minimum absolute atomic E-state index is 0.0331. The Morgan fingerprint density at radius 2 is 1.97 bits per heavy atom. The molecule has 2 aliphatic heterocycles. The molecular weight excluding hydrogens is 402 g/mol. The van der Waals surface area contributed by atoms with Crippen LogP contribution in [0.15, 0.2) is 29.6 Å². The van der Waals surface area contributed by atoms with Crippen LogP contribution in [0.25, 0.3) is 0 Å². The lowest BCUT2D eigenvalue weighted by Gasteiger charge is -2.43. The number of nitrogens with two attached hydrogens (primary N) is 1. The summed E-state index contributed by atoms with van der Waals surface area (Å²) in [6, 6.07) is 7.85. The summed E-state index contributed by atoms with van der Waals surface area (Å²) >= 11 is 1.35. The summed E-state index contributed by atoms with van der Waals surface area (Å²) in [5.74, 6) is 0.870. The minimum atomic E-state index is -0.500. The molecule has 30 heavy (non-hydrogen) atoms. The van der Waals surface area contributed by atoms with Crippen molar-refractivity contribution < 1.29 is 14.3 Å². The summed E-state index contributed by atoms with van der Waals surface area (Å²) in [7, 11) is 3.53. The lowest BCUT2D eigenvalue weighted by molar-refractivity contribution is -0.134. The first-order valence-corrected chi connectivity index (χ1v) is 10.9. The molecule has 1 aromatic heterocycles. The predicted octanol–water partition coefficient (Wildman–Crippen LogP) is 2.21. The van der Waals surface area contributed by atoms with Gasteiger partial charge in [0.2, 0.25) is 5.91 Å². The third kappa shape index (κ3) is 4.21. The summed E-state index contributed by atoms with van der Waals surface area (Å²) < 4.78 is 6.52. The lowest BCUT2D eigenvalue weighted by atomic mass is 9.90. The average Bonchev–Trinajstić information content (AvgIpc) is 3.05. The lowest BCUT2D eigenvalue weighted by Crippen LogP contribution is -2.56. The Labute approximate surface area is 180 Å². The molecule has 1 fully saturated rings. The van der Waals surface area contributed by atoms with Crippen molar-refractivity contribution in [2.24, 2.45) is 0 Å². The predicted molar refractivity (Wildman–Crippen MR) is 115 cm³/mol. The van der Waals surface area contributed by atoms with Gasteiger partial charge in [-0.05, 0) is 6.07 Å². The molecule has 9 heteroatoms. The number of piperidine rings is 1. The number of rotatable bonds is 2. The van der Waals surface area contributed by atoms with Crippen LogP contribution in [0, 0.1) is 0 Å². The van der Waals surface area contributed by atoms with E-state index in [-0.39, 0.29) is 18.4 Å². The van der Waals surface area contributed by atoms with E-state index < -0.39 is 5.60 Å². The van der Waals surface area contributed by atoms with Gasteiger partial charge in [-0.2, -0.15) is 0 Å². The number of para-hydroxylation sites is 1. The zero-order valence-corrected chi connectivity index (χ0v) is 18.2. The van der Waals surface area contributed by atoms with Gasteiger partial charge in [-0.1, -0.05) is 18.2 Å². The second-order valence-corrected chi connectivity index (χ2v) is 9.05. The smallest absolute Gasteiger partial charge is 0.319 e. The monoisotopic (exact) mass is 429 g/mol. The van der Waals surface area contributed by atoms with E-state index in [4.69, 9.17) is 10.5 Å². The molecule has 160 valence electrons. The normalized spacial score (nSPS) is 17.8. The van der Waals surface area contributed by atoms with Crippen molar-refractivity contribution in [2.45, 2.75) is 31.4 Å². The number of fused-ring (bicyclic) bond motifs is 1. The Balaban J connectivity index is 1.49. The van der Waals surface area contributed by atoms with E-state index >= 15 is 0 Å². The van der Waals surface area contributed by atoms with Gasteiger partial charge in [-0.25, -0.2) is 9.78 Å². The van der Waals surface area contributed by atoms with Crippen molar-refractivity contribution in [3.8, 4) is 5.75 Å². The number of carbonyl (C=O) groups is 2. The first-order chi connectivity index (χ1) is 14.3. The van der Waals surface area contributed by atoms with Crippen LogP contribution in [0.5, 0.6) is 5.75 Å². The van der Waals surface area contributed by atoms with Crippen LogP contribution >= 0.6 is 11.3 Å². The molecule has 0 unspecified atom stereocenters. The van der Waals surface area contributed by atoms with E-state index in [1.54, 1.807) is 19.0 Å². The SMILES string of the molecule is CN(C)C(=O)N1Cc2ccccc2OC2(CCN(C(=O)Cc3csc(N)n3)CC2)C1. The van der Waals surface area contributed by atoms with Gasteiger partial charge in [0.05, 0.1) is 25.2 Å². The Morgan fingerprint density at radius 3 is 2.63 bits per heavy atom. The summed E-state index contributed by atoms with van der Waals surface area (Å²) in [5.41, 5.74) is 6.89. The molecule has 0 bridgehead atoms. The van der Waals surface area contributed by atoms with Crippen molar-refractivity contribution in [3.05, 3.63) is 40.9 Å². The van der Waals surface area contributed by atoms with Crippen molar-refractivity contribution in [1.82, 2.24) is 19.7 Å². The number of hydrogen-bond donors (Lipinski definition) is 1. The molecule has 8 nitrogen and oxygen atoms in total. The molecule has 2 aromatic rings. The van der Waals surface area contributed by atoms with E-state index in [0.29, 0.717) is 49.8 Å². The molecule has 1 aromatic carbocycles. The van der Waals surface area contributed by atoms with Crippen LogP contribution in [-0.2, 0) is 17.8 Å². The van der Waals surface area contributed by atoms with Gasteiger partial charge in [0.1, 0.15) is 11.4 Å². The second kappa shape index (κ2) is 8.14. The largest absolute Gasteiger partial charge is 0.485 e. The summed E-state index contributed by atoms with van der Waals surface area (Å²) in [6.07, 6.45) is 1.60. The molecule has 1 spiro atoms. The average molecular weight is 430 g/mol. The number of benzene rings is 1. The maximum Gasteiger partial charge on any atom is 0.319 e. The van der Waals surface area contributed by atoms with Crippen LogP contribution in [0.2, 0.25) is 0 Å². The number of carbonyl (C=O) groups excluding carboxylic acids is 2. The highest BCUT2D eigenvalue weighted by Gasteiger charge is 2.43. The van der Waals surface area contributed by atoms with Gasteiger partial charge in [-0.15, -0.1) is 11.3 Å². The maximum absolute atomic E-state index is 12.8. The van der Waals surface area contributed by atoms with E-state index in [1.807, 2.05) is 39.4 Å². The quantitative estimate of drug-likeness (QED) is 0.790. The molecule has 0 saturated carbocycles. The Bertz CT molecular complexity index is 936. The molecule has 2 aliphatic rings. The number of amides is 3. The standard InChI is InChI=1S/C21H27N5O3S/c1-24(2)20(28)26-12-15-5-3-4-6-17(15)29-21(14-26)7-9-25(10-8-21)18(27)11-16-13-30-19(22)23-16/h3-6,13H,7-12,14H2,1-2H3,(H2,22,23). The fourth-order valence-corrected chi connectivity index (χ4v) is 4.68. The van der Waals surface area contributed by atoms with Crippen LogP contribution in [0.4, 0.5) is 9.93 Å². The Hall–Kier alpha value is -2.81. The van der Waals surface area contributed by atoms with Gasteiger partial charge in [0, 0.05) is 51.0 Å². The maximum atomic E-state index is 12.8. The van der Waals surface area contributed by atoms with E-state index in [2.05, 4.69) is 4.98 Å². The number of anilines is 1. The molecular formula is C21H27N5O3S. The number of nitrogens with zero attached hydrogens (tertiary/aromatic N) is 4. The topological polar surface area (TPSA) is 92.0 Å². The first-order valence-electron chi connectivity index (χ1n) is 10.1. The first kappa shape index (κ1) is 20.5. The van der Waals surface area contributed by atoms with E-state index in [0.717, 1.165) is 11.3 Å². The zero-order chi connectivity index (χ0) is 21.3. The number of ether oxygens (including phenoxy) is 1. The summed E-state index contributed by atoms with van der Waals surface area (Å²) in [5, 5.41) is 2.31. The third-order valence-corrected chi connectivity index (χ3v) is 6.44. The van der Waals surface area contributed by atoms with Crippen LogP contribution in [0.1, 0.15) is 24.1 Å². The Kier molecular flexibility index (Phi) is 5.55. The molecule has 1 saturated heterocycles. The molecule has 0 atom stereocenters. The second-order valence-electron chi connectivity index (χ2n) is 8.16. The van der Waals surface area contributed by atoms with Gasteiger partial charge >= 0.3 is 6.03 Å². The zero-order valence-electron chi connectivity index (χ0n) is 17.3. The molecule has 0 radical (unpaired) electrons. The molecule has 3 heterocycles. The summed E-state index contributed by atoms with van der Waals surface area (Å²) in [6.45, 7) is 2.20. The minimum Gasteiger partial charge on any atom is -0.485 e. The van der Waals surface area contributed by atoms with E-state index in [9.17, 15) is 9.59 Å². The van der Waals surface area contributed by atoms with Gasteiger partial charge < -0.3 is 25.2 Å². The highest BCUT2D eigenvalue weighted by molar-refractivity contribution is 7.13. The number of urea groups is 1. The van der Waals surface area contributed by atoms with Gasteiger partial charge in [0.25, 0.3) is 0 Å². The highest BCUT2D eigenvalue weighted by atomic mass is 32.1. The van der Waals surface area contributed by atoms with Crippen molar-refractivity contribution in [3.63, 3.8) is 0 Å². The highest BCUT2D eigenvalue weighted by Crippen LogP contribution is 2.36. The van der Waals surface area contributed by atoms with E-state index in [1.165, 1.54) is 11.3 Å². The van der Waals surface area contributed by atoms with Crippen LogP contribution in [0.3, 0.4) is 0 Å². The van der Waals surface area contributed by atoms with Crippen molar-refractivity contribution in [2.75, 3.05) is 39.5 Å². The third-order valence-electron chi connectivity index (χ3n) is 5.72. The van der Waals surface area contributed by atoms with Crippen LogP contribution < -0.4 is 10.5 Å². The number of thiazole rings is 1. The molecule has 4 rings (SSSR count). The fraction of sp³-hybridized carbons (Fsp3) is 0.476. The molecule has 2 N–H and O–H groups in total. The fourth-order valence-electron chi connectivity index (χ4n) is 4.12. The molecule has 3 amide bonds. The van der Waals surface area contributed by atoms with Crippen molar-refractivity contribution in [1.29, 1.82) is 0 Å².